The first-order chi connectivity index (χ1) is 10.1. The summed E-state index contributed by atoms with van der Waals surface area (Å²) in [4.78, 5) is 11.2. The Morgan fingerprint density at radius 3 is 3.00 bits per heavy atom. The van der Waals surface area contributed by atoms with Gasteiger partial charge in [0.15, 0.2) is 0 Å². The summed E-state index contributed by atoms with van der Waals surface area (Å²) in [6, 6.07) is 8.30. The fourth-order valence-corrected chi connectivity index (χ4v) is 3.37. The van der Waals surface area contributed by atoms with Gasteiger partial charge in [0.1, 0.15) is 12.2 Å². The Morgan fingerprint density at radius 2 is 2.24 bits per heavy atom. The van der Waals surface area contributed by atoms with E-state index in [2.05, 4.69) is 25.1 Å². The zero-order chi connectivity index (χ0) is 14.9. The summed E-state index contributed by atoms with van der Waals surface area (Å²) in [6.45, 7) is 3.92. The molecule has 3 heteroatoms. The predicted molar refractivity (Wildman–Crippen MR) is 80.8 cm³/mol. The van der Waals surface area contributed by atoms with E-state index < -0.39 is 5.60 Å². The average Bonchev–Trinajstić information content (AvgIpc) is 2.72. The largest absolute Gasteiger partial charge is 0.462 e. The maximum atomic E-state index is 11.2. The summed E-state index contributed by atoms with van der Waals surface area (Å²) in [5.74, 6) is -0.261. The Bertz CT molecular complexity index is 576. The molecule has 0 saturated carbocycles. The van der Waals surface area contributed by atoms with E-state index in [4.69, 9.17) is 9.47 Å². The third kappa shape index (κ3) is 2.62. The summed E-state index contributed by atoms with van der Waals surface area (Å²) in [5.41, 5.74) is 3.25. The van der Waals surface area contributed by atoms with Crippen LogP contribution < -0.4 is 0 Å². The fraction of sp³-hybridized carbons (Fsp3) is 0.500. The van der Waals surface area contributed by atoms with E-state index in [1.165, 1.54) is 30.9 Å². The van der Waals surface area contributed by atoms with Crippen molar-refractivity contribution in [3.8, 4) is 0 Å². The molecule has 21 heavy (non-hydrogen) atoms. The van der Waals surface area contributed by atoms with Gasteiger partial charge in [-0.15, -0.1) is 0 Å². The van der Waals surface area contributed by atoms with E-state index in [0.29, 0.717) is 0 Å². The lowest BCUT2D eigenvalue weighted by Crippen LogP contribution is -2.33. The molecule has 0 spiro atoms. The van der Waals surface area contributed by atoms with Gasteiger partial charge in [-0.2, -0.15) is 0 Å². The van der Waals surface area contributed by atoms with E-state index in [1.54, 1.807) is 0 Å². The zero-order valence-corrected chi connectivity index (χ0v) is 12.7. The van der Waals surface area contributed by atoms with E-state index in [0.717, 1.165) is 18.4 Å². The van der Waals surface area contributed by atoms with Gasteiger partial charge < -0.3 is 9.47 Å². The van der Waals surface area contributed by atoms with Gasteiger partial charge in [0.2, 0.25) is 0 Å². The Balaban J connectivity index is 1.95. The van der Waals surface area contributed by atoms with Crippen LogP contribution in [0.15, 0.2) is 35.9 Å². The Kier molecular flexibility index (Phi) is 3.85. The van der Waals surface area contributed by atoms with Gasteiger partial charge in [0.05, 0.1) is 6.10 Å². The highest BCUT2D eigenvalue weighted by Gasteiger charge is 2.47. The van der Waals surface area contributed by atoms with Crippen LogP contribution in [-0.4, -0.2) is 12.6 Å². The predicted octanol–water partition coefficient (Wildman–Crippen LogP) is 4.04. The van der Waals surface area contributed by atoms with Crippen molar-refractivity contribution in [2.24, 2.45) is 0 Å². The SMILES string of the molecule is CCCCC1=C[C@@]2(COC(C)=O)O[C@@H](C1)c1ccccc12. The number of unbranched alkanes of at least 4 members (excludes halogenated alkanes) is 1. The van der Waals surface area contributed by atoms with Gasteiger partial charge in [-0.05, 0) is 36.5 Å². The average molecular weight is 286 g/mol. The summed E-state index contributed by atoms with van der Waals surface area (Å²) >= 11 is 0. The molecule has 3 rings (SSSR count). The molecule has 1 aromatic carbocycles. The molecular formula is C18H22O3. The second-order valence-electron chi connectivity index (χ2n) is 5.97. The van der Waals surface area contributed by atoms with Gasteiger partial charge >= 0.3 is 5.97 Å². The van der Waals surface area contributed by atoms with Crippen LogP contribution in [0, 0.1) is 0 Å². The quantitative estimate of drug-likeness (QED) is 0.605. The first-order valence-corrected chi connectivity index (χ1v) is 7.76. The van der Waals surface area contributed by atoms with Crippen LogP contribution in [-0.2, 0) is 19.9 Å². The monoisotopic (exact) mass is 286 g/mol. The lowest BCUT2D eigenvalue weighted by Gasteiger charge is -2.32. The highest BCUT2D eigenvalue weighted by atomic mass is 16.6. The number of carbonyl (C=O) groups is 1. The minimum absolute atomic E-state index is 0.105. The van der Waals surface area contributed by atoms with Crippen molar-refractivity contribution in [1.29, 1.82) is 0 Å². The summed E-state index contributed by atoms with van der Waals surface area (Å²) in [7, 11) is 0. The molecule has 0 fully saturated rings. The Hall–Kier alpha value is -1.61. The number of hydrogen-bond acceptors (Lipinski definition) is 3. The molecule has 2 heterocycles. The molecule has 0 aliphatic carbocycles. The van der Waals surface area contributed by atoms with Gasteiger partial charge in [-0.1, -0.05) is 43.2 Å². The number of fused-ring (bicyclic) bond motifs is 5. The fourth-order valence-electron chi connectivity index (χ4n) is 3.37. The first-order valence-electron chi connectivity index (χ1n) is 7.76. The second-order valence-corrected chi connectivity index (χ2v) is 5.97. The van der Waals surface area contributed by atoms with Crippen molar-refractivity contribution in [3.63, 3.8) is 0 Å². The molecule has 2 aliphatic heterocycles. The second kappa shape index (κ2) is 5.64. The minimum Gasteiger partial charge on any atom is -0.462 e. The van der Waals surface area contributed by atoms with Crippen LogP contribution in [0.25, 0.3) is 0 Å². The van der Waals surface area contributed by atoms with E-state index in [1.807, 2.05) is 12.1 Å². The number of hydrogen-bond donors (Lipinski definition) is 0. The third-order valence-corrected chi connectivity index (χ3v) is 4.34. The van der Waals surface area contributed by atoms with Crippen molar-refractivity contribution in [2.45, 2.75) is 51.2 Å². The van der Waals surface area contributed by atoms with Crippen LogP contribution in [0.1, 0.15) is 56.8 Å². The molecule has 0 amide bonds. The first kappa shape index (κ1) is 14.3. The molecule has 1 aromatic rings. The van der Waals surface area contributed by atoms with Gasteiger partial charge in [0.25, 0.3) is 0 Å². The highest BCUT2D eigenvalue weighted by Crippen LogP contribution is 2.51. The number of benzene rings is 1. The van der Waals surface area contributed by atoms with Crippen LogP contribution in [0.5, 0.6) is 0 Å². The number of esters is 1. The van der Waals surface area contributed by atoms with E-state index in [9.17, 15) is 4.79 Å². The summed E-state index contributed by atoms with van der Waals surface area (Å²) < 4.78 is 11.6. The van der Waals surface area contributed by atoms with Crippen LogP contribution in [0.2, 0.25) is 0 Å². The van der Waals surface area contributed by atoms with Crippen molar-refractivity contribution in [1.82, 2.24) is 0 Å². The van der Waals surface area contributed by atoms with Crippen molar-refractivity contribution in [3.05, 3.63) is 47.0 Å². The molecule has 0 unspecified atom stereocenters. The van der Waals surface area contributed by atoms with Crippen LogP contribution >= 0.6 is 0 Å². The maximum absolute atomic E-state index is 11.2. The molecule has 0 radical (unpaired) electrons. The lowest BCUT2D eigenvalue weighted by atomic mass is 9.91. The smallest absolute Gasteiger partial charge is 0.302 e. The molecule has 2 atom stereocenters. The molecule has 0 saturated heterocycles. The topological polar surface area (TPSA) is 35.5 Å². The standard InChI is InChI=1S/C18H22O3/c1-3-4-7-14-10-17-15-8-5-6-9-16(15)18(11-14,21-17)12-20-13(2)19/h5-6,8-9,11,17H,3-4,7,10,12H2,1-2H3/t17-,18-/m0/s1. The summed E-state index contributed by atoms with van der Waals surface area (Å²) in [5, 5.41) is 0. The molecule has 3 nitrogen and oxygen atoms in total. The van der Waals surface area contributed by atoms with Gasteiger partial charge in [-0.3, -0.25) is 4.79 Å². The molecule has 2 aliphatic rings. The van der Waals surface area contributed by atoms with Crippen molar-refractivity contribution < 1.29 is 14.3 Å². The Labute approximate surface area is 125 Å². The number of carbonyl (C=O) groups excluding carboxylic acids is 1. The van der Waals surface area contributed by atoms with Gasteiger partial charge in [-0.25, -0.2) is 0 Å². The minimum atomic E-state index is -0.575. The van der Waals surface area contributed by atoms with Crippen molar-refractivity contribution in [2.75, 3.05) is 6.61 Å². The number of ether oxygens (including phenoxy) is 2. The van der Waals surface area contributed by atoms with Crippen LogP contribution in [0.4, 0.5) is 0 Å². The summed E-state index contributed by atoms with van der Waals surface area (Å²) in [6.07, 6.45) is 6.75. The van der Waals surface area contributed by atoms with E-state index >= 15 is 0 Å². The number of rotatable bonds is 5. The zero-order valence-electron chi connectivity index (χ0n) is 12.7. The molecule has 0 N–H and O–H groups in total. The third-order valence-electron chi connectivity index (χ3n) is 4.34. The van der Waals surface area contributed by atoms with Crippen molar-refractivity contribution >= 4 is 5.97 Å². The maximum Gasteiger partial charge on any atom is 0.302 e. The Morgan fingerprint density at radius 1 is 1.43 bits per heavy atom. The normalized spacial score (nSPS) is 26.2. The van der Waals surface area contributed by atoms with Gasteiger partial charge in [0, 0.05) is 6.92 Å². The molecule has 2 bridgehead atoms. The molecular weight excluding hydrogens is 264 g/mol. The molecule has 112 valence electrons. The van der Waals surface area contributed by atoms with E-state index in [-0.39, 0.29) is 18.7 Å². The molecule has 0 aromatic heterocycles. The van der Waals surface area contributed by atoms with Crippen LogP contribution in [0.3, 0.4) is 0 Å². The highest BCUT2D eigenvalue weighted by molar-refractivity contribution is 5.66. The lowest BCUT2D eigenvalue weighted by molar-refractivity contribution is -0.153.